The summed E-state index contributed by atoms with van der Waals surface area (Å²) in [4.78, 5) is 22.0. The fourth-order valence-corrected chi connectivity index (χ4v) is 3.96. The molecule has 0 spiro atoms. The Hall–Kier alpha value is -2.14. The van der Waals surface area contributed by atoms with Crippen molar-refractivity contribution in [1.82, 2.24) is 14.9 Å². The van der Waals surface area contributed by atoms with Crippen LogP contribution in [0.1, 0.15) is 42.1 Å². The predicted octanol–water partition coefficient (Wildman–Crippen LogP) is 2.92. The van der Waals surface area contributed by atoms with E-state index in [2.05, 4.69) is 28.2 Å². The maximum absolute atomic E-state index is 12.1. The smallest absolute Gasteiger partial charge is 0.223 e. The van der Waals surface area contributed by atoms with E-state index in [1.54, 1.807) is 7.11 Å². The zero-order chi connectivity index (χ0) is 17.2. The van der Waals surface area contributed by atoms with Crippen molar-refractivity contribution in [3.63, 3.8) is 0 Å². The lowest BCUT2D eigenvalue weighted by Crippen LogP contribution is -2.28. The summed E-state index contributed by atoms with van der Waals surface area (Å²) in [5.74, 6) is 1.26. The molecule has 1 aliphatic heterocycles. The molecule has 2 heterocycles. The highest BCUT2D eigenvalue weighted by Crippen LogP contribution is 2.30. The molecule has 25 heavy (non-hydrogen) atoms. The lowest BCUT2D eigenvalue weighted by atomic mass is 9.90. The van der Waals surface area contributed by atoms with Gasteiger partial charge in [-0.05, 0) is 48.4 Å². The number of carbonyl (C=O) groups is 1. The number of benzene rings is 1. The fraction of sp³-hybridized carbons (Fsp3) is 0.500. The third-order valence-electron chi connectivity index (χ3n) is 5.42. The minimum absolute atomic E-state index is 0.149. The van der Waals surface area contributed by atoms with Crippen LogP contribution >= 0.6 is 0 Å². The lowest BCUT2D eigenvalue weighted by molar-refractivity contribution is -0.128. The van der Waals surface area contributed by atoms with Gasteiger partial charge in [-0.15, -0.1) is 0 Å². The normalized spacial score (nSPS) is 20.1. The number of carbonyl (C=O) groups excluding carboxylic acids is 1. The Morgan fingerprint density at radius 2 is 2.12 bits per heavy atom. The third kappa shape index (κ3) is 3.33. The number of amides is 1. The highest BCUT2D eigenvalue weighted by Gasteiger charge is 2.32. The number of H-pyrrole nitrogens is 1. The largest absolute Gasteiger partial charge is 0.383 e. The first-order valence-electron chi connectivity index (χ1n) is 9.18. The van der Waals surface area contributed by atoms with E-state index in [1.165, 1.54) is 42.4 Å². The SMILES string of the molecule is COCCN1C[C@H](c2ncc(-c3ccc4c(c3)CCCC4)[nH]2)CC1=O. The van der Waals surface area contributed by atoms with Gasteiger partial charge in [0.15, 0.2) is 0 Å². The molecule has 1 atom stereocenters. The van der Waals surface area contributed by atoms with E-state index in [4.69, 9.17) is 4.74 Å². The van der Waals surface area contributed by atoms with Crippen LogP contribution < -0.4 is 0 Å². The molecule has 1 amide bonds. The second kappa shape index (κ2) is 7.00. The highest BCUT2D eigenvalue weighted by molar-refractivity contribution is 5.79. The van der Waals surface area contributed by atoms with E-state index >= 15 is 0 Å². The first kappa shape index (κ1) is 16.3. The lowest BCUT2D eigenvalue weighted by Gasteiger charge is -2.16. The van der Waals surface area contributed by atoms with Crippen LogP contribution in [-0.2, 0) is 22.4 Å². The number of aromatic nitrogens is 2. The molecular weight excluding hydrogens is 314 g/mol. The number of rotatable bonds is 5. The summed E-state index contributed by atoms with van der Waals surface area (Å²) in [6.45, 7) is 1.96. The maximum atomic E-state index is 12.1. The van der Waals surface area contributed by atoms with Crippen molar-refractivity contribution in [2.24, 2.45) is 0 Å². The summed E-state index contributed by atoms with van der Waals surface area (Å²) in [6, 6.07) is 6.75. The van der Waals surface area contributed by atoms with E-state index in [1.807, 2.05) is 11.1 Å². The van der Waals surface area contributed by atoms with Crippen LogP contribution in [0, 0.1) is 0 Å². The van der Waals surface area contributed by atoms with Gasteiger partial charge in [0.2, 0.25) is 5.91 Å². The van der Waals surface area contributed by atoms with Crippen LogP contribution in [0.2, 0.25) is 0 Å². The molecule has 0 bridgehead atoms. The molecule has 1 aromatic heterocycles. The van der Waals surface area contributed by atoms with Crippen molar-refractivity contribution in [3.8, 4) is 11.3 Å². The Morgan fingerprint density at radius 3 is 2.96 bits per heavy atom. The second-order valence-electron chi connectivity index (χ2n) is 7.11. The Morgan fingerprint density at radius 1 is 1.28 bits per heavy atom. The van der Waals surface area contributed by atoms with Crippen molar-refractivity contribution in [2.75, 3.05) is 26.8 Å². The molecule has 0 radical (unpaired) electrons. The van der Waals surface area contributed by atoms with Crippen molar-refractivity contribution in [1.29, 1.82) is 0 Å². The van der Waals surface area contributed by atoms with E-state index in [0.717, 1.165) is 18.1 Å². The van der Waals surface area contributed by atoms with Crippen molar-refractivity contribution in [2.45, 2.75) is 38.0 Å². The molecule has 5 nitrogen and oxygen atoms in total. The quantitative estimate of drug-likeness (QED) is 0.911. The number of aryl methyl sites for hydroxylation is 2. The fourth-order valence-electron chi connectivity index (χ4n) is 3.96. The monoisotopic (exact) mass is 339 g/mol. The van der Waals surface area contributed by atoms with Gasteiger partial charge in [-0.1, -0.05) is 12.1 Å². The van der Waals surface area contributed by atoms with E-state index in [-0.39, 0.29) is 11.8 Å². The van der Waals surface area contributed by atoms with Gasteiger partial charge >= 0.3 is 0 Å². The molecule has 1 fully saturated rings. The minimum atomic E-state index is 0.149. The third-order valence-corrected chi connectivity index (χ3v) is 5.42. The van der Waals surface area contributed by atoms with Crippen LogP contribution in [0.3, 0.4) is 0 Å². The minimum Gasteiger partial charge on any atom is -0.383 e. The zero-order valence-electron chi connectivity index (χ0n) is 14.8. The Bertz CT molecular complexity index is 768. The van der Waals surface area contributed by atoms with Crippen LogP contribution in [0.15, 0.2) is 24.4 Å². The van der Waals surface area contributed by atoms with Crippen LogP contribution in [0.25, 0.3) is 11.3 Å². The Balaban J connectivity index is 1.50. The number of imidazole rings is 1. The van der Waals surface area contributed by atoms with Crippen molar-refractivity contribution in [3.05, 3.63) is 41.3 Å². The van der Waals surface area contributed by atoms with Crippen molar-refractivity contribution < 1.29 is 9.53 Å². The van der Waals surface area contributed by atoms with E-state index < -0.39 is 0 Å². The summed E-state index contributed by atoms with van der Waals surface area (Å²) < 4.78 is 5.08. The number of nitrogens with one attached hydrogen (secondary N) is 1. The topological polar surface area (TPSA) is 58.2 Å². The molecule has 1 saturated heterocycles. The second-order valence-corrected chi connectivity index (χ2v) is 7.11. The standard InChI is InChI=1S/C20H25N3O2/c1-25-9-8-23-13-17(11-19(23)24)20-21-12-18(22-20)16-7-6-14-4-2-3-5-15(14)10-16/h6-7,10,12,17H,2-5,8-9,11,13H2,1H3,(H,21,22)/t17-/m1/s1. The molecule has 4 rings (SSSR count). The molecule has 1 aliphatic carbocycles. The van der Waals surface area contributed by atoms with Gasteiger partial charge in [0.05, 0.1) is 18.5 Å². The first-order valence-corrected chi connectivity index (χ1v) is 9.18. The van der Waals surface area contributed by atoms with Gasteiger partial charge in [0.1, 0.15) is 5.82 Å². The van der Waals surface area contributed by atoms with Gasteiger partial charge < -0.3 is 14.6 Å². The maximum Gasteiger partial charge on any atom is 0.223 e. The molecule has 0 unspecified atom stereocenters. The van der Waals surface area contributed by atoms with E-state index in [9.17, 15) is 4.79 Å². The average Bonchev–Trinajstić information content (AvgIpc) is 3.26. The number of likely N-dealkylation sites (tertiary alicyclic amines) is 1. The molecular formula is C20H25N3O2. The first-order chi connectivity index (χ1) is 12.2. The summed E-state index contributed by atoms with van der Waals surface area (Å²) in [6.07, 6.45) is 7.39. The molecule has 0 saturated carbocycles. The summed E-state index contributed by atoms with van der Waals surface area (Å²) in [5, 5.41) is 0. The van der Waals surface area contributed by atoms with Crippen LogP contribution in [-0.4, -0.2) is 47.6 Å². The number of fused-ring (bicyclic) bond motifs is 1. The average molecular weight is 339 g/mol. The molecule has 2 aliphatic rings. The number of nitrogens with zero attached hydrogens (tertiary/aromatic N) is 2. The molecule has 5 heteroatoms. The van der Waals surface area contributed by atoms with Crippen LogP contribution in [0.4, 0.5) is 0 Å². The van der Waals surface area contributed by atoms with Gasteiger partial charge in [-0.3, -0.25) is 4.79 Å². The predicted molar refractivity (Wildman–Crippen MR) is 96.5 cm³/mol. The number of hydrogen-bond donors (Lipinski definition) is 1. The summed E-state index contributed by atoms with van der Waals surface area (Å²) in [5.41, 5.74) is 5.21. The van der Waals surface area contributed by atoms with E-state index in [0.29, 0.717) is 19.6 Å². The summed E-state index contributed by atoms with van der Waals surface area (Å²) >= 11 is 0. The summed E-state index contributed by atoms with van der Waals surface area (Å²) in [7, 11) is 1.66. The van der Waals surface area contributed by atoms with Gasteiger partial charge in [0, 0.05) is 32.5 Å². The zero-order valence-corrected chi connectivity index (χ0v) is 14.8. The Kier molecular flexibility index (Phi) is 4.57. The molecule has 132 valence electrons. The number of hydrogen-bond acceptors (Lipinski definition) is 3. The Labute approximate surface area is 148 Å². The van der Waals surface area contributed by atoms with Crippen molar-refractivity contribution >= 4 is 5.91 Å². The van der Waals surface area contributed by atoms with Gasteiger partial charge in [-0.25, -0.2) is 4.98 Å². The van der Waals surface area contributed by atoms with Gasteiger partial charge in [-0.2, -0.15) is 0 Å². The molecule has 1 N–H and O–H groups in total. The number of methoxy groups -OCH3 is 1. The molecule has 1 aromatic carbocycles. The van der Waals surface area contributed by atoms with Gasteiger partial charge in [0.25, 0.3) is 0 Å². The van der Waals surface area contributed by atoms with Crippen LogP contribution in [0.5, 0.6) is 0 Å². The highest BCUT2D eigenvalue weighted by atomic mass is 16.5. The number of ether oxygens (including phenoxy) is 1. The molecule has 2 aromatic rings. The number of aromatic amines is 1.